The molecule has 0 bridgehead atoms. The van der Waals surface area contributed by atoms with Crippen LogP contribution < -0.4 is 5.32 Å². The zero-order chi connectivity index (χ0) is 12.3. The van der Waals surface area contributed by atoms with Gasteiger partial charge >= 0.3 is 0 Å². The molecule has 2 rings (SSSR count). The van der Waals surface area contributed by atoms with Gasteiger partial charge in [-0.1, -0.05) is 18.2 Å². The second-order valence-electron chi connectivity index (χ2n) is 3.62. The van der Waals surface area contributed by atoms with Gasteiger partial charge in [0.15, 0.2) is 0 Å². The number of fused-ring (bicyclic) bond motifs is 1. The van der Waals surface area contributed by atoms with Gasteiger partial charge in [0.05, 0.1) is 12.1 Å². The number of anilines is 1. The smallest absolute Gasteiger partial charge is 0.287 e. The lowest BCUT2D eigenvalue weighted by Crippen LogP contribution is -2.31. The van der Waals surface area contributed by atoms with Crippen molar-refractivity contribution in [1.82, 2.24) is 9.97 Å². The predicted molar refractivity (Wildman–Crippen MR) is 60.1 cm³/mol. The number of aliphatic hydroxyl groups is 1. The highest BCUT2D eigenvalue weighted by Gasteiger charge is 2.27. The van der Waals surface area contributed by atoms with Crippen molar-refractivity contribution in [3.63, 3.8) is 0 Å². The molecule has 0 fully saturated rings. The summed E-state index contributed by atoms with van der Waals surface area (Å²) in [6.45, 7) is -1.89. The Bertz CT molecular complexity index is 519. The molecule has 0 saturated heterocycles. The Kier molecular flexibility index (Phi) is 3.14. The van der Waals surface area contributed by atoms with E-state index in [9.17, 15) is 8.78 Å². The van der Waals surface area contributed by atoms with Crippen LogP contribution in [0.1, 0.15) is 0 Å². The van der Waals surface area contributed by atoms with Crippen molar-refractivity contribution in [2.45, 2.75) is 5.92 Å². The van der Waals surface area contributed by atoms with Gasteiger partial charge in [0.25, 0.3) is 5.92 Å². The maximum Gasteiger partial charge on any atom is 0.287 e. The van der Waals surface area contributed by atoms with Crippen LogP contribution in [0.2, 0.25) is 0 Å². The van der Waals surface area contributed by atoms with E-state index in [1.54, 1.807) is 18.3 Å². The second-order valence-corrected chi connectivity index (χ2v) is 3.62. The molecule has 0 saturated carbocycles. The van der Waals surface area contributed by atoms with Gasteiger partial charge in [-0.2, -0.15) is 0 Å². The highest BCUT2D eigenvalue weighted by molar-refractivity contribution is 5.78. The number of hydrogen-bond acceptors (Lipinski definition) is 4. The third kappa shape index (κ3) is 2.85. The second kappa shape index (κ2) is 4.58. The Balaban J connectivity index is 2.14. The van der Waals surface area contributed by atoms with E-state index in [1.165, 1.54) is 0 Å². The first kappa shape index (κ1) is 11.7. The van der Waals surface area contributed by atoms with E-state index < -0.39 is 19.1 Å². The Morgan fingerprint density at radius 2 is 2.06 bits per heavy atom. The molecule has 0 atom stereocenters. The Hall–Kier alpha value is -1.82. The minimum atomic E-state index is -3.17. The van der Waals surface area contributed by atoms with Crippen LogP contribution in [0, 0.1) is 0 Å². The van der Waals surface area contributed by atoms with E-state index in [4.69, 9.17) is 5.11 Å². The minimum Gasteiger partial charge on any atom is -0.390 e. The first-order valence-corrected chi connectivity index (χ1v) is 5.05. The molecule has 1 heterocycles. The van der Waals surface area contributed by atoms with Crippen LogP contribution in [0.3, 0.4) is 0 Å². The van der Waals surface area contributed by atoms with E-state index in [-0.39, 0.29) is 5.95 Å². The topological polar surface area (TPSA) is 58.0 Å². The van der Waals surface area contributed by atoms with Crippen LogP contribution in [0.15, 0.2) is 30.5 Å². The van der Waals surface area contributed by atoms with Crippen LogP contribution in [0.25, 0.3) is 10.9 Å². The number of aromatic nitrogens is 2. The molecule has 0 unspecified atom stereocenters. The first-order chi connectivity index (χ1) is 8.11. The summed E-state index contributed by atoms with van der Waals surface area (Å²) in [4.78, 5) is 7.98. The van der Waals surface area contributed by atoms with E-state index in [1.807, 2.05) is 12.1 Å². The summed E-state index contributed by atoms with van der Waals surface area (Å²) in [5, 5.41) is 11.6. The average molecular weight is 239 g/mol. The lowest BCUT2D eigenvalue weighted by Gasteiger charge is -2.13. The summed E-state index contributed by atoms with van der Waals surface area (Å²) < 4.78 is 25.6. The lowest BCUT2D eigenvalue weighted by atomic mass is 10.2. The molecule has 0 amide bonds. The van der Waals surface area contributed by atoms with Crippen LogP contribution in [0.4, 0.5) is 14.7 Å². The number of rotatable bonds is 4. The summed E-state index contributed by atoms with van der Waals surface area (Å²) in [7, 11) is 0. The number of benzene rings is 1. The molecule has 6 heteroatoms. The van der Waals surface area contributed by atoms with E-state index >= 15 is 0 Å². The molecule has 0 aliphatic rings. The monoisotopic (exact) mass is 239 g/mol. The quantitative estimate of drug-likeness (QED) is 0.852. The molecule has 90 valence electrons. The fourth-order valence-corrected chi connectivity index (χ4v) is 1.32. The third-order valence-electron chi connectivity index (χ3n) is 2.23. The largest absolute Gasteiger partial charge is 0.390 e. The van der Waals surface area contributed by atoms with E-state index in [0.717, 1.165) is 5.39 Å². The SMILES string of the molecule is OCC(F)(F)CNc1ncc2ccccc2n1. The Morgan fingerprint density at radius 1 is 1.29 bits per heavy atom. The third-order valence-corrected chi connectivity index (χ3v) is 2.23. The van der Waals surface area contributed by atoms with Crippen molar-refractivity contribution < 1.29 is 13.9 Å². The van der Waals surface area contributed by atoms with Gasteiger partial charge in [-0.05, 0) is 6.07 Å². The molecule has 17 heavy (non-hydrogen) atoms. The number of nitrogens with zero attached hydrogens (tertiary/aromatic N) is 2. The zero-order valence-electron chi connectivity index (χ0n) is 8.90. The van der Waals surface area contributed by atoms with Gasteiger partial charge in [0.1, 0.15) is 6.61 Å². The fourth-order valence-electron chi connectivity index (χ4n) is 1.32. The fraction of sp³-hybridized carbons (Fsp3) is 0.273. The number of alkyl halides is 2. The van der Waals surface area contributed by atoms with Gasteiger partial charge in [-0.3, -0.25) is 0 Å². The van der Waals surface area contributed by atoms with Crippen molar-refractivity contribution in [2.24, 2.45) is 0 Å². The van der Waals surface area contributed by atoms with Crippen LogP contribution in [-0.2, 0) is 0 Å². The molecule has 0 radical (unpaired) electrons. The maximum absolute atomic E-state index is 12.8. The average Bonchev–Trinajstić information content (AvgIpc) is 2.36. The molecule has 1 aromatic heterocycles. The predicted octanol–water partition coefficient (Wildman–Crippen LogP) is 1.67. The molecule has 4 nitrogen and oxygen atoms in total. The van der Waals surface area contributed by atoms with Crippen molar-refractivity contribution in [3.05, 3.63) is 30.5 Å². The van der Waals surface area contributed by atoms with Crippen molar-refractivity contribution in [2.75, 3.05) is 18.5 Å². The minimum absolute atomic E-state index is 0.122. The summed E-state index contributed by atoms with van der Waals surface area (Å²) in [5.41, 5.74) is 0.678. The lowest BCUT2D eigenvalue weighted by molar-refractivity contribution is -0.0374. The summed E-state index contributed by atoms with van der Waals surface area (Å²) >= 11 is 0. The molecule has 2 aromatic rings. The number of nitrogens with one attached hydrogen (secondary N) is 1. The Labute approximate surface area is 96.3 Å². The molecule has 0 aliphatic carbocycles. The van der Waals surface area contributed by atoms with E-state index in [0.29, 0.717) is 5.52 Å². The molecular formula is C11H11F2N3O. The zero-order valence-corrected chi connectivity index (χ0v) is 8.90. The van der Waals surface area contributed by atoms with Gasteiger partial charge in [-0.25, -0.2) is 18.7 Å². The van der Waals surface area contributed by atoms with Crippen LogP contribution in [0.5, 0.6) is 0 Å². The van der Waals surface area contributed by atoms with Gasteiger partial charge < -0.3 is 10.4 Å². The van der Waals surface area contributed by atoms with E-state index in [2.05, 4.69) is 15.3 Å². The normalized spacial score (nSPS) is 11.7. The standard InChI is InChI=1S/C11H11F2N3O/c12-11(13,7-17)6-15-10-14-5-8-3-1-2-4-9(8)16-10/h1-5,17H,6-7H2,(H,14,15,16). The number of hydrogen-bond donors (Lipinski definition) is 2. The van der Waals surface area contributed by atoms with Crippen LogP contribution >= 0.6 is 0 Å². The molecule has 0 aliphatic heterocycles. The molecule has 2 N–H and O–H groups in total. The number of halogens is 2. The highest BCUT2D eigenvalue weighted by atomic mass is 19.3. The van der Waals surface area contributed by atoms with Gasteiger partial charge in [0, 0.05) is 11.6 Å². The van der Waals surface area contributed by atoms with Gasteiger partial charge in [0.2, 0.25) is 5.95 Å². The van der Waals surface area contributed by atoms with Gasteiger partial charge in [-0.15, -0.1) is 0 Å². The van der Waals surface area contributed by atoms with Crippen LogP contribution in [-0.4, -0.2) is 34.1 Å². The molecule has 0 spiro atoms. The van der Waals surface area contributed by atoms with Crippen molar-refractivity contribution >= 4 is 16.9 Å². The maximum atomic E-state index is 12.8. The molecule has 1 aromatic carbocycles. The summed E-state index contributed by atoms with van der Waals surface area (Å²) in [6, 6.07) is 7.26. The van der Waals surface area contributed by atoms with Crippen molar-refractivity contribution in [1.29, 1.82) is 0 Å². The molecular weight excluding hydrogens is 228 g/mol. The highest BCUT2D eigenvalue weighted by Crippen LogP contribution is 2.15. The Morgan fingerprint density at radius 3 is 2.82 bits per heavy atom. The first-order valence-electron chi connectivity index (χ1n) is 5.05. The summed E-state index contributed by atoms with van der Waals surface area (Å²) in [5.74, 6) is -3.05. The summed E-state index contributed by atoms with van der Waals surface area (Å²) in [6.07, 6.45) is 1.56. The van der Waals surface area contributed by atoms with Crippen molar-refractivity contribution in [3.8, 4) is 0 Å². The number of aliphatic hydroxyl groups excluding tert-OH is 1. The number of para-hydroxylation sites is 1.